The number of hydrogen-bond donors (Lipinski definition) is 2. The zero-order chi connectivity index (χ0) is 18.4. The summed E-state index contributed by atoms with van der Waals surface area (Å²) in [4.78, 5) is 24.0. The highest BCUT2D eigenvalue weighted by atomic mass is 19.1. The van der Waals surface area contributed by atoms with Crippen molar-refractivity contribution in [2.24, 2.45) is 0 Å². The Morgan fingerprint density at radius 3 is 2.69 bits per heavy atom. The predicted molar refractivity (Wildman–Crippen MR) is 91.9 cm³/mol. The Labute approximate surface area is 148 Å². The highest BCUT2D eigenvalue weighted by Gasteiger charge is 2.31. The SMILES string of the molecule is COc1c(OC2CCNC2)c(F)cc2c(=O)c(C(=O)O)cn(C3CC3)c12. The molecule has 2 aliphatic rings. The summed E-state index contributed by atoms with van der Waals surface area (Å²) in [6.07, 6.45) is 3.61. The largest absolute Gasteiger partial charge is 0.491 e. The highest BCUT2D eigenvalue weighted by Crippen LogP contribution is 2.43. The first kappa shape index (κ1) is 16.8. The molecule has 2 aromatic rings. The molecular formula is C18H19FN2O5. The second kappa shape index (κ2) is 6.28. The number of fused-ring (bicyclic) bond motifs is 1. The number of carboxylic acid groups (broad SMARTS) is 1. The molecule has 1 atom stereocenters. The molecule has 7 nitrogen and oxygen atoms in total. The number of hydrogen-bond acceptors (Lipinski definition) is 5. The number of aromatic nitrogens is 1. The molecule has 0 amide bonds. The van der Waals surface area contributed by atoms with Crippen LogP contribution in [0.2, 0.25) is 0 Å². The van der Waals surface area contributed by atoms with E-state index in [1.165, 1.54) is 13.3 Å². The van der Waals surface area contributed by atoms with Crippen LogP contribution >= 0.6 is 0 Å². The van der Waals surface area contributed by atoms with Crippen LogP contribution < -0.4 is 20.2 Å². The molecule has 1 aliphatic carbocycles. The Morgan fingerprint density at radius 2 is 2.12 bits per heavy atom. The van der Waals surface area contributed by atoms with Crippen molar-refractivity contribution in [3.63, 3.8) is 0 Å². The topological polar surface area (TPSA) is 89.8 Å². The van der Waals surface area contributed by atoms with E-state index in [2.05, 4.69) is 5.32 Å². The van der Waals surface area contributed by atoms with Gasteiger partial charge in [-0.1, -0.05) is 0 Å². The third-order valence-electron chi connectivity index (χ3n) is 4.85. The van der Waals surface area contributed by atoms with Crippen LogP contribution in [0.1, 0.15) is 35.7 Å². The molecule has 1 saturated carbocycles. The number of rotatable bonds is 5. The van der Waals surface area contributed by atoms with E-state index in [4.69, 9.17) is 9.47 Å². The zero-order valence-corrected chi connectivity index (χ0v) is 14.3. The van der Waals surface area contributed by atoms with Crippen molar-refractivity contribution in [3.05, 3.63) is 33.9 Å². The highest BCUT2D eigenvalue weighted by molar-refractivity contribution is 5.95. The molecule has 1 saturated heterocycles. The average Bonchev–Trinajstić information content (AvgIpc) is 3.32. The number of nitrogens with zero attached hydrogens (tertiary/aromatic N) is 1. The molecule has 4 rings (SSSR count). The maximum Gasteiger partial charge on any atom is 0.341 e. The third kappa shape index (κ3) is 2.70. The number of ether oxygens (including phenoxy) is 2. The van der Waals surface area contributed by atoms with Gasteiger partial charge in [0.05, 0.1) is 18.0 Å². The minimum absolute atomic E-state index is 0.0111. The molecule has 138 valence electrons. The van der Waals surface area contributed by atoms with E-state index >= 15 is 0 Å². The number of benzene rings is 1. The summed E-state index contributed by atoms with van der Waals surface area (Å²) in [6, 6.07) is 1.13. The van der Waals surface area contributed by atoms with Crippen LogP contribution in [0.15, 0.2) is 17.1 Å². The second-order valence-electron chi connectivity index (χ2n) is 6.67. The van der Waals surface area contributed by atoms with E-state index in [-0.39, 0.29) is 34.6 Å². The fourth-order valence-electron chi connectivity index (χ4n) is 3.42. The number of aromatic carboxylic acids is 1. The molecule has 1 aliphatic heterocycles. The molecule has 1 aromatic carbocycles. The van der Waals surface area contributed by atoms with E-state index in [1.807, 2.05) is 0 Å². The lowest BCUT2D eigenvalue weighted by molar-refractivity contribution is 0.0695. The van der Waals surface area contributed by atoms with E-state index in [0.29, 0.717) is 12.1 Å². The van der Waals surface area contributed by atoms with Gasteiger partial charge in [-0.2, -0.15) is 0 Å². The van der Waals surface area contributed by atoms with Gasteiger partial charge in [-0.05, 0) is 31.9 Å². The molecule has 0 bridgehead atoms. The Hall–Kier alpha value is -2.61. The summed E-state index contributed by atoms with van der Waals surface area (Å²) in [7, 11) is 1.39. The number of carbonyl (C=O) groups is 1. The lowest BCUT2D eigenvalue weighted by atomic mass is 10.1. The first-order valence-corrected chi connectivity index (χ1v) is 8.57. The summed E-state index contributed by atoms with van der Waals surface area (Å²) in [5.74, 6) is -1.97. The van der Waals surface area contributed by atoms with Gasteiger partial charge in [-0.3, -0.25) is 4.79 Å². The maximum absolute atomic E-state index is 14.8. The second-order valence-corrected chi connectivity index (χ2v) is 6.67. The van der Waals surface area contributed by atoms with Crippen LogP contribution in [0.5, 0.6) is 11.5 Å². The number of methoxy groups -OCH3 is 1. The minimum atomic E-state index is -1.33. The lowest BCUT2D eigenvalue weighted by Crippen LogP contribution is -2.22. The van der Waals surface area contributed by atoms with Crippen molar-refractivity contribution >= 4 is 16.9 Å². The van der Waals surface area contributed by atoms with Crippen molar-refractivity contribution in [2.45, 2.75) is 31.4 Å². The monoisotopic (exact) mass is 362 g/mol. The van der Waals surface area contributed by atoms with Gasteiger partial charge in [0.1, 0.15) is 11.7 Å². The molecular weight excluding hydrogens is 343 g/mol. The van der Waals surface area contributed by atoms with Gasteiger partial charge in [0.15, 0.2) is 17.3 Å². The first-order valence-electron chi connectivity index (χ1n) is 8.57. The van der Waals surface area contributed by atoms with Crippen LogP contribution in [0, 0.1) is 5.82 Å². The summed E-state index contributed by atoms with van der Waals surface area (Å²) >= 11 is 0. The summed E-state index contributed by atoms with van der Waals surface area (Å²) < 4.78 is 27.7. The quantitative estimate of drug-likeness (QED) is 0.845. The van der Waals surface area contributed by atoms with Crippen molar-refractivity contribution in [1.29, 1.82) is 0 Å². The molecule has 2 fully saturated rings. The summed E-state index contributed by atoms with van der Waals surface area (Å²) in [5.41, 5.74) is -0.720. The number of carboxylic acids is 1. The van der Waals surface area contributed by atoms with Crippen LogP contribution in [0.3, 0.4) is 0 Å². The van der Waals surface area contributed by atoms with Gasteiger partial charge in [0.2, 0.25) is 5.43 Å². The zero-order valence-electron chi connectivity index (χ0n) is 14.3. The van der Waals surface area contributed by atoms with E-state index in [9.17, 15) is 19.1 Å². The van der Waals surface area contributed by atoms with Crippen LogP contribution in [-0.4, -0.2) is 41.9 Å². The normalized spacial score (nSPS) is 19.7. The third-order valence-corrected chi connectivity index (χ3v) is 4.85. The van der Waals surface area contributed by atoms with Crippen LogP contribution in [-0.2, 0) is 0 Å². The molecule has 26 heavy (non-hydrogen) atoms. The van der Waals surface area contributed by atoms with E-state index < -0.39 is 17.2 Å². The van der Waals surface area contributed by atoms with Crippen molar-refractivity contribution < 1.29 is 23.8 Å². The van der Waals surface area contributed by atoms with Gasteiger partial charge in [0.25, 0.3) is 0 Å². The minimum Gasteiger partial charge on any atom is -0.491 e. The Bertz CT molecular complexity index is 945. The van der Waals surface area contributed by atoms with E-state index in [0.717, 1.165) is 31.9 Å². The average molecular weight is 362 g/mol. The van der Waals surface area contributed by atoms with Crippen LogP contribution in [0.4, 0.5) is 4.39 Å². The van der Waals surface area contributed by atoms with E-state index in [1.54, 1.807) is 4.57 Å². The number of halogens is 1. The maximum atomic E-state index is 14.8. The number of pyridine rings is 1. The lowest BCUT2D eigenvalue weighted by Gasteiger charge is -2.20. The fourth-order valence-corrected chi connectivity index (χ4v) is 3.42. The Kier molecular flexibility index (Phi) is 4.07. The smallest absolute Gasteiger partial charge is 0.341 e. The molecule has 2 heterocycles. The Balaban J connectivity index is 1.99. The van der Waals surface area contributed by atoms with Gasteiger partial charge in [-0.15, -0.1) is 0 Å². The van der Waals surface area contributed by atoms with Gasteiger partial charge in [-0.25, -0.2) is 9.18 Å². The predicted octanol–water partition coefficient (Wildman–Crippen LogP) is 1.92. The van der Waals surface area contributed by atoms with Crippen molar-refractivity contribution in [1.82, 2.24) is 9.88 Å². The van der Waals surface area contributed by atoms with Crippen molar-refractivity contribution in [3.8, 4) is 11.5 Å². The Morgan fingerprint density at radius 1 is 1.35 bits per heavy atom. The molecule has 8 heteroatoms. The summed E-state index contributed by atoms with van der Waals surface area (Å²) in [5, 5.41) is 12.5. The molecule has 1 aromatic heterocycles. The first-order chi connectivity index (χ1) is 12.5. The van der Waals surface area contributed by atoms with Crippen molar-refractivity contribution in [2.75, 3.05) is 20.2 Å². The van der Waals surface area contributed by atoms with Gasteiger partial charge < -0.3 is 24.5 Å². The molecule has 2 N–H and O–H groups in total. The molecule has 0 radical (unpaired) electrons. The fraction of sp³-hybridized carbons (Fsp3) is 0.444. The van der Waals surface area contributed by atoms with Gasteiger partial charge in [0, 0.05) is 18.8 Å². The molecule has 1 unspecified atom stereocenters. The summed E-state index contributed by atoms with van der Waals surface area (Å²) in [6.45, 7) is 1.39. The molecule has 0 spiro atoms. The standard InChI is InChI=1S/C18H19FN2O5/c1-25-17-14-11(6-13(19)16(17)26-10-4-5-20-7-10)15(22)12(18(23)24)8-21(14)9-2-3-9/h6,8-10,20H,2-5,7H2,1H3,(H,23,24). The number of nitrogens with one attached hydrogen (secondary N) is 1. The van der Waals surface area contributed by atoms with Gasteiger partial charge >= 0.3 is 5.97 Å². The van der Waals surface area contributed by atoms with Crippen LogP contribution in [0.25, 0.3) is 10.9 Å².